The minimum atomic E-state index is -4.67. The Morgan fingerprint density at radius 1 is 1.08 bits per heavy atom. The topological polar surface area (TPSA) is 67.5 Å². The number of benzene rings is 1. The highest BCUT2D eigenvalue weighted by Crippen LogP contribution is 2.23. The van der Waals surface area contributed by atoms with E-state index >= 15 is 0 Å². The smallest absolute Gasteiger partial charge is 0.406 e. The molecule has 0 atom stereocenters. The second-order valence-corrected chi connectivity index (χ2v) is 6.18. The van der Waals surface area contributed by atoms with Gasteiger partial charge in [0.05, 0.1) is 0 Å². The van der Waals surface area contributed by atoms with Crippen molar-refractivity contribution in [2.75, 3.05) is 36.8 Å². The van der Waals surface area contributed by atoms with Crippen LogP contribution in [0, 0.1) is 6.92 Å². The summed E-state index contributed by atoms with van der Waals surface area (Å²) in [6, 6.07) is 7.90. The van der Waals surface area contributed by atoms with E-state index in [1.54, 1.807) is 12.1 Å². The molecule has 0 bridgehead atoms. The fraction of sp³-hybridized carbons (Fsp3) is 0.412. The molecule has 140 valence electrons. The Morgan fingerprint density at radius 2 is 1.73 bits per heavy atom. The molecule has 26 heavy (non-hydrogen) atoms. The van der Waals surface area contributed by atoms with Crippen molar-refractivity contribution in [2.24, 2.45) is 0 Å². The predicted molar refractivity (Wildman–Crippen MR) is 91.8 cm³/mol. The van der Waals surface area contributed by atoms with E-state index in [2.05, 4.69) is 24.5 Å². The van der Waals surface area contributed by atoms with Crippen molar-refractivity contribution in [3.63, 3.8) is 0 Å². The Morgan fingerprint density at radius 3 is 2.31 bits per heavy atom. The summed E-state index contributed by atoms with van der Waals surface area (Å²) < 4.78 is 40.5. The van der Waals surface area contributed by atoms with Gasteiger partial charge in [0.1, 0.15) is 11.6 Å². The van der Waals surface area contributed by atoms with Crippen molar-refractivity contribution >= 4 is 11.8 Å². The minimum absolute atomic E-state index is 0.206. The maximum absolute atomic E-state index is 12.2. The van der Waals surface area contributed by atoms with Crippen molar-refractivity contribution < 1.29 is 17.9 Å². The Hall–Kier alpha value is -2.55. The lowest BCUT2D eigenvalue weighted by molar-refractivity contribution is -0.274. The number of nitrogens with two attached hydrogens (primary N) is 1. The van der Waals surface area contributed by atoms with Crippen LogP contribution >= 0.6 is 0 Å². The van der Waals surface area contributed by atoms with Crippen molar-refractivity contribution in [3.8, 4) is 5.75 Å². The van der Waals surface area contributed by atoms with Crippen LogP contribution in [0.3, 0.4) is 0 Å². The summed E-state index contributed by atoms with van der Waals surface area (Å²) in [6.45, 7) is 5.79. The molecule has 2 N–H and O–H groups in total. The van der Waals surface area contributed by atoms with E-state index in [-0.39, 0.29) is 11.7 Å². The van der Waals surface area contributed by atoms with Crippen LogP contribution in [0.25, 0.3) is 0 Å². The standard InChI is InChI=1S/C17H20F3N5O/c1-12-10-15(23-16(21)22-12)25-8-6-24(7-9-25)11-13-2-4-14(5-3-13)26-17(18,19)20/h2-5,10H,6-9,11H2,1H3,(H2,21,22,23). The maximum Gasteiger partial charge on any atom is 0.573 e. The number of alkyl halides is 3. The van der Waals surface area contributed by atoms with Gasteiger partial charge in [-0.2, -0.15) is 4.98 Å². The number of nitrogens with zero attached hydrogens (tertiary/aromatic N) is 4. The molecular weight excluding hydrogens is 347 g/mol. The molecule has 0 saturated carbocycles. The number of halogens is 3. The molecule has 1 saturated heterocycles. The SMILES string of the molecule is Cc1cc(N2CCN(Cc3ccc(OC(F)(F)F)cc3)CC2)nc(N)n1. The zero-order chi connectivity index (χ0) is 18.7. The number of rotatable bonds is 4. The molecule has 0 aliphatic carbocycles. The highest BCUT2D eigenvalue weighted by Gasteiger charge is 2.31. The van der Waals surface area contributed by atoms with Gasteiger partial charge in [0.25, 0.3) is 0 Å². The average Bonchev–Trinajstić information content (AvgIpc) is 2.55. The first-order valence-electron chi connectivity index (χ1n) is 8.22. The molecule has 0 radical (unpaired) electrons. The second kappa shape index (κ2) is 7.36. The largest absolute Gasteiger partial charge is 0.573 e. The third kappa shape index (κ3) is 4.98. The highest BCUT2D eigenvalue weighted by molar-refractivity contribution is 5.43. The van der Waals surface area contributed by atoms with Gasteiger partial charge in [-0.1, -0.05) is 12.1 Å². The number of piperazine rings is 1. The van der Waals surface area contributed by atoms with Gasteiger partial charge in [-0.15, -0.1) is 13.2 Å². The Labute approximate surface area is 149 Å². The third-order valence-electron chi connectivity index (χ3n) is 4.12. The zero-order valence-corrected chi connectivity index (χ0v) is 14.3. The van der Waals surface area contributed by atoms with Crippen LogP contribution in [0.1, 0.15) is 11.3 Å². The van der Waals surface area contributed by atoms with Gasteiger partial charge in [-0.25, -0.2) is 4.98 Å². The monoisotopic (exact) mass is 367 g/mol. The van der Waals surface area contributed by atoms with Gasteiger partial charge in [0, 0.05) is 44.5 Å². The lowest BCUT2D eigenvalue weighted by Crippen LogP contribution is -2.46. The molecule has 1 aliphatic rings. The summed E-state index contributed by atoms with van der Waals surface area (Å²) in [7, 11) is 0. The number of hydrogen-bond acceptors (Lipinski definition) is 6. The van der Waals surface area contributed by atoms with E-state index in [1.807, 2.05) is 13.0 Å². The molecule has 0 spiro atoms. The van der Waals surface area contributed by atoms with Crippen LogP contribution < -0.4 is 15.4 Å². The predicted octanol–water partition coefficient (Wildman–Crippen LogP) is 2.59. The van der Waals surface area contributed by atoms with Crippen molar-refractivity contribution in [2.45, 2.75) is 19.8 Å². The first-order valence-corrected chi connectivity index (χ1v) is 8.22. The van der Waals surface area contributed by atoms with Crippen LogP contribution in [0.5, 0.6) is 5.75 Å². The summed E-state index contributed by atoms with van der Waals surface area (Å²) in [5.41, 5.74) is 7.48. The Kier molecular flexibility index (Phi) is 5.17. The fourth-order valence-corrected chi connectivity index (χ4v) is 2.93. The summed E-state index contributed by atoms with van der Waals surface area (Å²) >= 11 is 0. The molecule has 0 unspecified atom stereocenters. The molecule has 9 heteroatoms. The van der Waals surface area contributed by atoms with E-state index < -0.39 is 6.36 Å². The summed E-state index contributed by atoms with van der Waals surface area (Å²) in [6.07, 6.45) is -4.67. The van der Waals surface area contributed by atoms with Crippen LogP contribution in [-0.2, 0) is 6.54 Å². The Bertz CT molecular complexity index is 723. The summed E-state index contributed by atoms with van der Waals surface area (Å²) in [4.78, 5) is 12.8. The molecule has 1 aliphatic heterocycles. The Balaban J connectivity index is 1.54. The van der Waals surface area contributed by atoms with Gasteiger partial charge in [0.15, 0.2) is 0 Å². The summed E-state index contributed by atoms with van der Waals surface area (Å²) in [5.74, 6) is 0.884. The lowest BCUT2D eigenvalue weighted by atomic mass is 10.2. The number of nitrogen functional groups attached to an aromatic ring is 1. The molecule has 6 nitrogen and oxygen atoms in total. The van der Waals surface area contributed by atoms with Crippen molar-refractivity contribution in [1.29, 1.82) is 0 Å². The van der Waals surface area contributed by atoms with Crippen molar-refractivity contribution in [3.05, 3.63) is 41.6 Å². The van der Waals surface area contributed by atoms with Gasteiger partial charge < -0.3 is 15.4 Å². The summed E-state index contributed by atoms with van der Waals surface area (Å²) in [5, 5.41) is 0. The molecule has 3 rings (SSSR count). The normalized spacial score (nSPS) is 15.9. The molecular formula is C17H20F3N5O. The number of aryl methyl sites for hydroxylation is 1. The fourth-order valence-electron chi connectivity index (χ4n) is 2.93. The van der Waals surface area contributed by atoms with E-state index in [0.29, 0.717) is 6.54 Å². The molecule has 2 heterocycles. The van der Waals surface area contributed by atoms with Gasteiger partial charge in [0.2, 0.25) is 5.95 Å². The van der Waals surface area contributed by atoms with Gasteiger partial charge in [-0.3, -0.25) is 4.90 Å². The maximum atomic E-state index is 12.2. The van der Waals surface area contributed by atoms with Crippen LogP contribution in [0.4, 0.5) is 24.9 Å². The minimum Gasteiger partial charge on any atom is -0.406 e. The van der Waals surface area contributed by atoms with Gasteiger partial charge >= 0.3 is 6.36 Å². The van der Waals surface area contributed by atoms with E-state index in [4.69, 9.17) is 5.73 Å². The first-order chi connectivity index (χ1) is 12.3. The molecule has 1 aromatic heterocycles. The zero-order valence-electron chi connectivity index (χ0n) is 14.3. The quantitative estimate of drug-likeness (QED) is 0.896. The van der Waals surface area contributed by atoms with Gasteiger partial charge in [-0.05, 0) is 24.6 Å². The molecule has 0 amide bonds. The van der Waals surface area contributed by atoms with E-state index in [1.165, 1.54) is 12.1 Å². The lowest BCUT2D eigenvalue weighted by Gasteiger charge is -2.35. The van der Waals surface area contributed by atoms with Crippen LogP contribution in [-0.4, -0.2) is 47.4 Å². The number of anilines is 2. The van der Waals surface area contributed by atoms with E-state index in [0.717, 1.165) is 43.3 Å². The van der Waals surface area contributed by atoms with Crippen LogP contribution in [0.15, 0.2) is 30.3 Å². The number of aromatic nitrogens is 2. The number of hydrogen-bond donors (Lipinski definition) is 1. The number of ether oxygens (including phenoxy) is 1. The van der Waals surface area contributed by atoms with Crippen molar-refractivity contribution in [1.82, 2.24) is 14.9 Å². The first kappa shape index (κ1) is 18.2. The molecule has 1 aromatic carbocycles. The van der Waals surface area contributed by atoms with E-state index in [9.17, 15) is 13.2 Å². The molecule has 1 fully saturated rings. The van der Waals surface area contributed by atoms with Crippen LogP contribution in [0.2, 0.25) is 0 Å². The second-order valence-electron chi connectivity index (χ2n) is 6.18. The third-order valence-corrected chi connectivity index (χ3v) is 4.12. The highest BCUT2D eigenvalue weighted by atomic mass is 19.4. The molecule has 2 aromatic rings. The average molecular weight is 367 g/mol.